The molecule has 1 aliphatic heterocycles. The van der Waals surface area contributed by atoms with E-state index in [1.165, 1.54) is 4.88 Å². The van der Waals surface area contributed by atoms with Gasteiger partial charge in [0, 0.05) is 30.6 Å². The number of piperidine rings is 1. The second-order valence-electron chi connectivity index (χ2n) is 5.51. The molecule has 5 heteroatoms. The number of amides is 1. The summed E-state index contributed by atoms with van der Waals surface area (Å²) in [6, 6.07) is 4.64. The highest BCUT2D eigenvalue weighted by molar-refractivity contribution is 7.09. The van der Waals surface area contributed by atoms with Crippen molar-refractivity contribution in [3.05, 3.63) is 22.4 Å². The van der Waals surface area contributed by atoms with Crippen molar-refractivity contribution >= 4 is 17.2 Å². The van der Waals surface area contributed by atoms with E-state index in [1.54, 1.807) is 11.3 Å². The van der Waals surface area contributed by atoms with Gasteiger partial charge in [-0.3, -0.25) is 10.1 Å². The molecular weight excluding hydrogens is 258 g/mol. The van der Waals surface area contributed by atoms with Gasteiger partial charge in [-0.05, 0) is 38.1 Å². The molecule has 1 aliphatic rings. The Morgan fingerprint density at radius 3 is 2.68 bits per heavy atom. The van der Waals surface area contributed by atoms with Gasteiger partial charge in [-0.15, -0.1) is 11.3 Å². The van der Waals surface area contributed by atoms with Crippen LogP contribution in [0.1, 0.15) is 31.6 Å². The summed E-state index contributed by atoms with van der Waals surface area (Å²) in [5, 5.41) is 5.46. The number of likely N-dealkylation sites (tertiary alicyclic amines) is 1. The Labute approximate surface area is 119 Å². The van der Waals surface area contributed by atoms with Crippen LogP contribution in [0.25, 0.3) is 0 Å². The van der Waals surface area contributed by atoms with Crippen molar-refractivity contribution in [1.82, 2.24) is 10.2 Å². The van der Waals surface area contributed by atoms with Crippen LogP contribution >= 0.6 is 11.3 Å². The lowest BCUT2D eigenvalue weighted by atomic mass is 9.86. The van der Waals surface area contributed by atoms with Crippen molar-refractivity contribution in [2.45, 2.75) is 44.8 Å². The molecule has 1 aromatic rings. The van der Waals surface area contributed by atoms with Gasteiger partial charge in [0.1, 0.15) is 5.54 Å². The van der Waals surface area contributed by atoms with Crippen molar-refractivity contribution in [2.75, 3.05) is 13.1 Å². The maximum Gasteiger partial charge on any atom is 0.237 e. The second kappa shape index (κ2) is 6.03. The first kappa shape index (κ1) is 14.5. The van der Waals surface area contributed by atoms with Gasteiger partial charge in [0.05, 0.1) is 0 Å². The van der Waals surface area contributed by atoms with Gasteiger partial charge in [0.15, 0.2) is 0 Å². The molecule has 0 bridgehead atoms. The Kier molecular flexibility index (Phi) is 4.60. The number of nitrogens with one attached hydrogen (secondary N) is 1. The minimum Gasteiger partial charge on any atom is -0.368 e. The molecule has 0 radical (unpaired) electrons. The predicted octanol–water partition coefficient (Wildman–Crippen LogP) is 1.57. The third kappa shape index (κ3) is 3.35. The number of rotatable bonds is 5. The molecular formula is C14H23N3OS. The summed E-state index contributed by atoms with van der Waals surface area (Å²) in [6.07, 6.45) is 1.60. The molecule has 1 aromatic heterocycles. The highest BCUT2D eigenvalue weighted by Crippen LogP contribution is 2.24. The van der Waals surface area contributed by atoms with E-state index in [9.17, 15) is 4.79 Å². The summed E-state index contributed by atoms with van der Waals surface area (Å²) in [4.78, 5) is 15.5. The first-order valence-corrected chi connectivity index (χ1v) is 7.73. The Bertz CT molecular complexity index is 408. The van der Waals surface area contributed by atoms with Crippen LogP contribution in [0, 0.1) is 0 Å². The van der Waals surface area contributed by atoms with Crippen LogP contribution in [0.5, 0.6) is 0 Å². The fourth-order valence-electron chi connectivity index (χ4n) is 2.60. The standard InChI is InChI=1S/C14H23N3OS/c1-11(2)17-7-5-14(6-8-17,13(15)18)16-10-12-4-3-9-19-12/h3-4,9,11,16H,5-8,10H2,1-2H3,(H2,15,18). The molecule has 0 aromatic carbocycles. The van der Waals surface area contributed by atoms with Gasteiger partial charge in [0.25, 0.3) is 0 Å². The molecule has 4 nitrogen and oxygen atoms in total. The molecule has 0 atom stereocenters. The van der Waals surface area contributed by atoms with E-state index < -0.39 is 5.54 Å². The summed E-state index contributed by atoms with van der Waals surface area (Å²) >= 11 is 1.70. The van der Waals surface area contributed by atoms with E-state index in [2.05, 4.69) is 35.5 Å². The average molecular weight is 281 g/mol. The normalized spacial score (nSPS) is 19.7. The molecule has 0 spiro atoms. The van der Waals surface area contributed by atoms with Gasteiger partial charge in [-0.2, -0.15) is 0 Å². The first-order chi connectivity index (χ1) is 9.03. The Hall–Kier alpha value is -0.910. The van der Waals surface area contributed by atoms with Crippen LogP contribution < -0.4 is 11.1 Å². The molecule has 1 fully saturated rings. The van der Waals surface area contributed by atoms with Crippen LogP contribution in [-0.2, 0) is 11.3 Å². The monoisotopic (exact) mass is 281 g/mol. The largest absolute Gasteiger partial charge is 0.368 e. The SMILES string of the molecule is CC(C)N1CCC(NCc2cccs2)(C(N)=O)CC1. The number of thiophene rings is 1. The van der Waals surface area contributed by atoms with Gasteiger partial charge in [-0.1, -0.05) is 6.07 Å². The second-order valence-corrected chi connectivity index (χ2v) is 6.54. The number of nitrogens with two attached hydrogens (primary N) is 1. The molecule has 0 unspecified atom stereocenters. The molecule has 2 heterocycles. The number of nitrogens with zero attached hydrogens (tertiary/aromatic N) is 1. The Balaban J connectivity index is 1.98. The summed E-state index contributed by atoms with van der Waals surface area (Å²) in [7, 11) is 0. The van der Waals surface area contributed by atoms with E-state index in [1.807, 2.05) is 6.07 Å². The number of hydrogen-bond donors (Lipinski definition) is 2. The summed E-state index contributed by atoms with van der Waals surface area (Å²) < 4.78 is 0. The molecule has 1 amide bonds. The number of hydrogen-bond acceptors (Lipinski definition) is 4. The molecule has 106 valence electrons. The number of carbonyl (C=O) groups is 1. The van der Waals surface area contributed by atoms with Crippen molar-refractivity contribution < 1.29 is 4.79 Å². The maximum absolute atomic E-state index is 11.9. The zero-order valence-electron chi connectivity index (χ0n) is 11.7. The quantitative estimate of drug-likeness (QED) is 0.861. The van der Waals surface area contributed by atoms with Crippen LogP contribution in [0.3, 0.4) is 0 Å². The lowest BCUT2D eigenvalue weighted by Crippen LogP contribution is -2.61. The molecule has 3 N–H and O–H groups in total. The Morgan fingerprint density at radius 1 is 1.53 bits per heavy atom. The topological polar surface area (TPSA) is 58.4 Å². The summed E-state index contributed by atoms with van der Waals surface area (Å²) in [5.41, 5.74) is 5.11. The Morgan fingerprint density at radius 2 is 2.21 bits per heavy atom. The van der Waals surface area contributed by atoms with Crippen LogP contribution in [0.15, 0.2) is 17.5 Å². The molecule has 0 aliphatic carbocycles. The van der Waals surface area contributed by atoms with Gasteiger partial charge >= 0.3 is 0 Å². The van der Waals surface area contributed by atoms with Crippen molar-refractivity contribution in [3.8, 4) is 0 Å². The van der Waals surface area contributed by atoms with E-state index in [0.29, 0.717) is 6.04 Å². The van der Waals surface area contributed by atoms with Crippen molar-refractivity contribution in [3.63, 3.8) is 0 Å². The zero-order valence-corrected chi connectivity index (χ0v) is 12.5. The molecule has 0 saturated carbocycles. The third-order valence-corrected chi connectivity index (χ3v) is 4.91. The number of primary amides is 1. The fraction of sp³-hybridized carbons (Fsp3) is 0.643. The minimum absolute atomic E-state index is 0.215. The predicted molar refractivity (Wildman–Crippen MR) is 79.0 cm³/mol. The maximum atomic E-state index is 11.9. The van der Waals surface area contributed by atoms with E-state index in [-0.39, 0.29) is 5.91 Å². The minimum atomic E-state index is -0.532. The van der Waals surface area contributed by atoms with Gasteiger partial charge < -0.3 is 10.6 Å². The highest BCUT2D eigenvalue weighted by Gasteiger charge is 2.39. The molecule has 19 heavy (non-hydrogen) atoms. The summed E-state index contributed by atoms with van der Waals surface area (Å²) in [5.74, 6) is -0.215. The lowest BCUT2D eigenvalue weighted by Gasteiger charge is -2.41. The van der Waals surface area contributed by atoms with E-state index in [4.69, 9.17) is 5.73 Å². The van der Waals surface area contributed by atoms with Gasteiger partial charge in [-0.25, -0.2) is 0 Å². The van der Waals surface area contributed by atoms with Crippen LogP contribution in [0.2, 0.25) is 0 Å². The van der Waals surface area contributed by atoms with Crippen LogP contribution in [-0.4, -0.2) is 35.5 Å². The lowest BCUT2D eigenvalue weighted by molar-refractivity contribution is -0.126. The van der Waals surface area contributed by atoms with E-state index >= 15 is 0 Å². The zero-order chi connectivity index (χ0) is 13.9. The fourth-order valence-corrected chi connectivity index (χ4v) is 3.25. The molecule has 2 rings (SSSR count). The van der Waals surface area contributed by atoms with Gasteiger partial charge in [0.2, 0.25) is 5.91 Å². The smallest absolute Gasteiger partial charge is 0.237 e. The summed E-state index contributed by atoms with van der Waals surface area (Å²) in [6.45, 7) is 6.96. The first-order valence-electron chi connectivity index (χ1n) is 6.85. The van der Waals surface area contributed by atoms with Crippen molar-refractivity contribution in [1.29, 1.82) is 0 Å². The highest BCUT2D eigenvalue weighted by atomic mass is 32.1. The van der Waals surface area contributed by atoms with Crippen LogP contribution in [0.4, 0.5) is 0 Å². The van der Waals surface area contributed by atoms with Crippen molar-refractivity contribution in [2.24, 2.45) is 5.73 Å². The molecule has 1 saturated heterocycles. The third-order valence-electron chi connectivity index (χ3n) is 4.03. The number of carbonyl (C=O) groups excluding carboxylic acids is 1. The van der Waals surface area contributed by atoms with E-state index in [0.717, 1.165) is 32.5 Å². The average Bonchev–Trinajstić information content (AvgIpc) is 2.89.